The minimum absolute atomic E-state index is 0.375. The molecule has 0 heterocycles. The van der Waals surface area contributed by atoms with Crippen molar-refractivity contribution in [2.45, 2.75) is 110 Å². The number of unbranched alkanes of at least 4 members (excludes halogenated alkanes) is 6. The molecule has 0 amide bonds. The summed E-state index contributed by atoms with van der Waals surface area (Å²) in [6, 6.07) is 2.48. The minimum Gasteiger partial charge on any atom is -0.198 e. The van der Waals surface area contributed by atoms with Crippen molar-refractivity contribution in [1.82, 2.24) is 0 Å². The Morgan fingerprint density at radius 1 is 0.696 bits per heavy atom. The van der Waals surface area contributed by atoms with Crippen molar-refractivity contribution in [2.24, 2.45) is 23.7 Å². The predicted octanol–water partition coefficient (Wildman–Crippen LogP) is 7.26. The molecule has 1 nitrogen and oxygen atoms in total. The van der Waals surface area contributed by atoms with Gasteiger partial charge in [-0.2, -0.15) is 5.26 Å². The molecule has 2 rings (SSSR count). The second kappa shape index (κ2) is 11.1. The Kier molecular flexibility index (Phi) is 9.10. The molecule has 0 saturated heterocycles. The van der Waals surface area contributed by atoms with Crippen LogP contribution in [0.5, 0.6) is 0 Å². The highest BCUT2D eigenvalue weighted by Gasteiger charge is 2.30. The Bertz CT molecular complexity index is 326. The molecule has 0 N–H and O–H groups in total. The molecule has 0 bridgehead atoms. The van der Waals surface area contributed by atoms with Crippen LogP contribution < -0.4 is 0 Å². The van der Waals surface area contributed by atoms with Gasteiger partial charge in [0.1, 0.15) is 0 Å². The van der Waals surface area contributed by atoms with E-state index in [-0.39, 0.29) is 0 Å². The third kappa shape index (κ3) is 6.86. The lowest BCUT2D eigenvalue weighted by Gasteiger charge is -2.36. The first-order valence-electron chi connectivity index (χ1n) is 10.7. The Hall–Kier alpha value is -0.510. The van der Waals surface area contributed by atoms with E-state index in [1.54, 1.807) is 0 Å². The minimum atomic E-state index is 0.375. The van der Waals surface area contributed by atoms with Crippen LogP contribution in [-0.2, 0) is 0 Å². The average molecular weight is 318 g/mol. The maximum atomic E-state index is 9.04. The fraction of sp³-hybridized carbons (Fsp3) is 0.955. The molecule has 0 atom stereocenters. The molecule has 0 unspecified atom stereocenters. The maximum absolute atomic E-state index is 9.04. The summed E-state index contributed by atoms with van der Waals surface area (Å²) in [4.78, 5) is 0. The van der Waals surface area contributed by atoms with Crippen LogP contribution in [0.4, 0.5) is 0 Å². The molecule has 0 aromatic rings. The van der Waals surface area contributed by atoms with Gasteiger partial charge in [-0.1, -0.05) is 71.1 Å². The van der Waals surface area contributed by atoms with Crippen LogP contribution >= 0.6 is 0 Å². The third-order valence-corrected chi connectivity index (χ3v) is 6.73. The normalized spacial score (nSPS) is 31.7. The third-order valence-electron chi connectivity index (χ3n) is 6.73. The largest absolute Gasteiger partial charge is 0.198 e. The zero-order valence-corrected chi connectivity index (χ0v) is 15.6. The van der Waals surface area contributed by atoms with E-state index < -0.39 is 0 Å². The molecule has 0 radical (unpaired) electrons. The van der Waals surface area contributed by atoms with E-state index in [2.05, 4.69) is 13.0 Å². The Labute approximate surface area is 145 Å². The zero-order chi connectivity index (χ0) is 16.3. The molecule has 1 heteroatoms. The predicted molar refractivity (Wildman–Crippen MR) is 99.1 cm³/mol. The van der Waals surface area contributed by atoms with E-state index in [0.29, 0.717) is 5.92 Å². The highest BCUT2D eigenvalue weighted by molar-refractivity contribution is 4.89. The summed E-state index contributed by atoms with van der Waals surface area (Å²) >= 11 is 0. The zero-order valence-electron chi connectivity index (χ0n) is 15.6. The fourth-order valence-electron chi connectivity index (χ4n) is 5.06. The van der Waals surface area contributed by atoms with E-state index in [1.165, 1.54) is 103 Å². The quantitative estimate of drug-likeness (QED) is 0.410. The highest BCUT2D eigenvalue weighted by Crippen LogP contribution is 2.42. The molecule has 0 spiro atoms. The summed E-state index contributed by atoms with van der Waals surface area (Å²) in [6.45, 7) is 2.30. The van der Waals surface area contributed by atoms with Gasteiger partial charge in [-0.25, -0.2) is 0 Å². The number of hydrogen-bond donors (Lipinski definition) is 0. The van der Waals surface area contributed by atoms with E-state index in [9.17, 15) is 0 Å². The van der Waals surface area contributed by atoms with Crippen LogP contribution in [0.15, 0.2) is 0 Å². The lowest BCUT2D eigenvalue weighted by atomic mass is 9.69. The van der Waals surface area contributed by atoms with Gasteiger partial charge in [0.05, 0.1) is 6.07 Å². The van der Waals surface area contributed by atoms with Gasteiger partial charge in [-0.05, 0) is 56.3 Å². The molecule has 2 aliphatic carbocycles. The van der Waals surface area contributed by atoms with Gasteiger partial charge in [0, 0.05) is 5.92 Å². The number of nitriles is 1. The van der Waals surface area contributed by atoms with Crippen LogP contribution in [-0.4, -0.2) is 0 Å². The Morgan fingerprint density at radius 3 is 1.78 bits per heavy atom. The van der Waals surface area contributed by atoms with Gasteiger partial charge in [0.15, 0.2) is 0 Å². The first-order valence-corrected chi connectivity index (χ1v) is 10.7. The van der Waals surface area contributed by atoms with Crippen molar-refractivity contribution in [3.8, 4) is 6.07 Å². The maximum Gasteiger partial charge on any atom is 0.0655 e. The van der Waals surface area contributed by atoms with Gasteiger partial charge in [-0.3, -0.25) is 0 Å². The second-order valence-corrected chi connectivity index (χ2v) is 8.43. The van der Waals surface area contributed by atoms with Crippen LogP contribution in [0.1, 0.15) is 110 Å². The number of nitrogens with zero attached hydrogens (tertiary/aromatic N) is 1. The van der Waals surface area contributed by atoms with Crippen molar-refractivity contribution < 1.29 is 0 Å². The summed E-state index contributed by atoms with van der Waals surface area (Å²) in [5.74, 6) is 3.37. The first kappa shape index (κ1) is 18.8. The monoisotopic (exact) mass is 317 g/mol. The van der Waals surface area contributed by atoms with Gasteiger partial charge >= 0.3 is 0 Å². The highest BCUT2D eigenvalue weighted by atomic mass is 14.4. The number of hydrogen-bond acceptors (Lipinski definition) is 1. The Balaban J connectivity index is 1.50. The van der Waals surface area contributed by atoms with E-state index in [1.807, 2.05) is 0 Å². The molecule has 0 aliphatic heterocycles. The van der Waals surface area contributed by atoms with Gasteiger partial charge in [0.2, 0.25) is 0 Å². The van der Waals surface area contributed by atoms with Gasteiger partial charge in [-0.15, -0.1) is 0 Å². The number of rotatable bonds is 9. The molecular formula is C22H39N. The summed E-state index contributed by atoms with van der Waals surface area (Å²) in [5.41, 5.74) is 0. The average Bonchev–Trinajstić information content (AvgIpc) is 2.61. The van der Waals surface area contributed by atoms with E-state index in [0.717, 1.165) is 17.8 Å². The second-order valence-electron chi connectivity index (χ2n) is 8.43. The lowest BCUT2D eigenvalue weighted by molar-refractivity contribution is 0.152. The van der Waals surface area contributed by atoms with Crippen molar-refractivity contribution in [3.05, 3.63) is 0 Å². The smallest absolute Gasteiger partial charge is 0.0655 e. The van der Waals surface area contributed by atoms with Crippen LogP contribution in [0, 0.1) is 35.0 Å². The van der Waals surface area contributed by atoms with E-state index >= 15 is 0 Å². The summed E-state index contributed by atoms with van der Waals surface area (Å²) < 4.78 is 0. The molecule has 0 aromatic heterocycles. The topological polar surface area (TPSA) is 23.8 Å². The first-order chi connectivity index (χ1) is 11.3. The van der Waals surface area contributed by atoms with E-state index in [4.69, 9.17) is 5.26 Å². The molecular weight excluding hydrogens is 278 g/mol. The van der Waals surface area contributed by atoms with Crippen molar-refractivity contribution in [3.63, 3.8) is 0 Å². The standard InChI is InChI=1S/C22H39N/c1-2-3-4-5-6-7-8-9-19-10-14-21(15-11-19)22-16-12-20(18-23)13-17-22/h19-22H,2-17H2,1H3. The molecule has 132 valence electrons. The Morgan fingerprint density at radius 2 is 1.22 bits per heavy atom. The van der Waals surface area contributed by atoms with Crippen molar-refractivity contribution in [1.29, 1.82) is 5.26 Å². The van der Waals surface area contributed by atoms with Gasteiger partial charge < -0.3 is 0 Å². The van der Waals surface area contributed by atoms with Gasteiger partial charge in [0.25, 0.3) is 0 Å². The molecule has 0 aromatic carbocycles. The molecule has 23 heavy (non-hydrogen) atoms. The van der Waals surface area contributed by atoms with Crippen molar-refractivity contribution in [2.75, 3.05) is 0 Å². The SMILES string of the molecule is CCCCCCCCCC1CCC(C2CCC(C#N)CC2)CC1. The molecule has 2 aliphatic rings. The van der Waals surface area contributed by atoms with Crippen molar-refractivity contribution >= 4 is 0 Å². The summed E-state index contributed by atoms with van der Waals surface area (Å²) in [5, 5.41) is 9.04. The fourth-order valence-corrected chi connectivity index (χ4v) is 5.06. The lowest BCUT2D eigenvalue weighted by Crippen LogP contribution is -2.25. The summed E-state index contributed by atoms with van der Waals surface area (Å²) in [7, 11) is 0. The summed E-state index contributed by atoms with van der Waals surface area (Å²) in [6.07, 6.45) is 22.7. The van der Waals surface area contributed by atoms with Crippen LogP contribution in [0.25, 0.3) is 0 Å². The van der Waals surface area contributed by atoms with Crippen LogP contribution in [0.2, 0.25) is 0 Å². The molecule has 2 saturated carbocycles. The molecule has 2 fully saturated rings. The van der Waals surface area contributed by atoms with Crippen LogP contribution in [0.3, 0.4) is 0 Å².